The number of rotatable bonds is 9. The Kier molecular flexibility index (Phi) is 8.06. The van der Waals surface area contributed by atoms with Crippen LogP contribution < -0.4 is 10.1 Å². The highest BCUT2D eigenvalue weighted by Crippen LogP contribution is 2.30. The Morgan fingerprint density at radius 3 is 2.43 bits per heavy atom. The monoisotopic (exact) mass is 531 g/mol. The van der Waals surface area contributed by atoms with Gasteiger partial charge in [0, 0.05) is 11.1 Å². The Morgan fingerprint density at radius 1 is 1.08 bits per heavy atom. The SMILES string of the molecule is CCSCc1ccc([C@@H](Oc2ccc3c(cnn3-c3ccc(F)cc3)c2)C(C)NC(=O)C(F)(F)F)cc1. The molecule has 0 aliphatic heterocycles. The summed E-state index contributed by atoms with van der Waals surface area (Å²) >= 11 is 1.76. The number of hydrogen-bond acceptors (Lipinski definition) is 4. The average Bonchev–Trinajstić information content (AvgIpc) is 3.29. The first-order chi connectivity index (χ1) is 17.7. The van der Waals surface area contributed by atoms with Crippen LogP contribution in [0.2, 0.25) is 0 Å². The number of hydrogen-bond donors (Lipinski definition) is 1. The lowest BCUT2D eigenvalue weighted by atomic mass is 10.0. The number of halogens is 4. The van der Waals surface area contributed by atoms with E-state index in [2.05, 4.69) is 12.0 Å². The molecule has 4 rings (SSSR count). The maximum Gasteiger partial charge on any atom is 0.471 e. The van der Waals surface area contributed by atoms with Crippen molar-refractivity contribution in [3.63, 3.8) is 0 Å². The van der Waals surface area contributed by atoms with Gasteiger partial charge in [0.2, 0.25) is 0 Å². The molecule has 3 aromatic carbocycles. The largest absolute Gasteiger partial charge is 0.484 e. The summed E-state index contributed by atoms with van der Waals surface area (Å²) in [4.78, 5) is 11.6. The molecule has 0 bridgehead atoms. The van der Waals surface area contributed by atoms with Gasteiger partial charge in [-0.2, -0.15) is 30.0 Å². The number of ether oxygens (including phenoxy) is 1. The van der Waals surface area contributed by atoms with Crippen LogP contribution in [0.15, 0.2) is 72.9 Å². The molecule has 0 spiro atoms. The van der Waals surface area contributed by atoms with Crippen LogP contribution in [0.3, 0.4) is 0 Å². The van der Waals surface area contributed by atoms with Crippen LogP contribution in [-0.4, -0.2) is 33.7 Å². The number of fused-ring (bicyclic) bond motifs is 1. The van der Waals surface area contributed by atoms with Gasteiger partial charge in [-0.3, -0.25) is 4.79 Å². The van der Waals surface area contributed by atoms with Gasteiger partial charge < -0.3 is 10.1 Å². The van der Waals surface area contributed by atoms with Crippen LogP contribution in [-0.2, 0) is 10.5 Å². The van der Waals surface area contributed by atoms with Crippen LogP contribution in [0.25, 0.3) is 16.6 Å². The second-order valence-electron chi connectivity index (χ2n) is 8.43. The van der Waals surface area contributed by atoms with Crippen molar-refractivity contribution < 1.29 is 27.1 Å². The Balaban J connectivity index is 1.62. The van der Waals surface area contributed by atoms with Crippen LogP contribution >= 0.6 is 11.8 Å². The van der Waals surface area contributed by atoms with E-state index in [0.717, 1.165) is 28.0 Å². The highest BCUT2D eigenvalue weighted by molar-refractivity contribution is 7.98. The highest BCUT2D eigenvalue weighted by atomic mass is 32.2. The van der Waals surface area contributed by atoms with E-state index in [-0.39, 0.29) is 5.82 Å². The van der Waals surface area contributed by atoms with Crippen molar-refractivity contribution in [2.24, 2.45) is 0 Å². The van der Waals surface area contributed by atoms with E-state index in [0.29, 0.717) is 17.0 Å². The Bertz CT molecular complexity index is 1360. The number of thioether (sulfide) groups is 1. The van der Waals surface area contributed by atoms with Crippen molar-refractivity contribution >= 4 is 28.6 Å². The van der Waals surface area contributed by atoms with E-state index in [1.54, 1.807) is 65.1 Å². The lowest BCUT2D eigenvalue weighted by Crippen LogP contribution is -2.45. The molecular formula is C27H25F4N3O2S. The standard InChI is InChI=1S/C27H25F4N3O2S/c1-3-37-16-18-4-6-19(7-5-18)25(17(2)33-26(35)27(29,30)31)36-23-12-13-24-20(14-23)15-32-34(24)22-10-8-21(28)9-11-22/h4-15,17,25H,3,16H2,1-2H3,(H,33,35)/t17?,25-/m0/s1. The van der Waals surface area contributed by atoms with Crippen LogP contribution in [0.5, 0.6) is 5.75 Å². The topological polar surface area (TPSA) is 56.1 Å². The second-order valence-corrected chi connectivity index (χ2v) is 9.70. The van der Waals surface area contributed by atoms with Gasteiger partial charge in [0.15, 0.2) is 0 Å². The summed E-state index contributed by atoms with van der Waals surface area (Å²) in [6.45, 7) is 3.54. The molecular weight excluding hydrogens is 506 g/mol. The smallest absolute Gasteiger partial charge is 0.471 e. The molecule has 2 atom stereocenters. The van der Waals surface area contributed by atoms with Gasteiger partial charge in [0.05, 0.1) is 23.4 Å². The maximum atomic E-state index is 13.3. The number of alkyl halides is 3. The lowest BCUT2D eigenvalue weighted by molar-refractivity contribution is -0.174. The Labute approximate surface area is 215 Å². The minimum Gasteiger partial charge on any atom is -0.484 e. The van der Waals surface area contributed by atoms with Gasteiger partial charge in [-0.1, -0.05) is 31.2 Å². The molecule has 37 heavy (non-hydrogen) atoms. The van der Waals surface area contributed by atoms with E-state index in [1.807, 2.05) is 17.4 Å². The van der Waals surface area contributed by atoms with Crippen LogP contribution in [0.1, 0.15) is 31.1 Å². The summed E-state index contributed by atoms with van der Waals surface area (Å²) in [5, 5.41) is 7.10. The van der Waals surface area contributed by atoms with Gasteiger partial charge in [-0.05, 0) is 66.3 Å². The molecule has 1 unspecified atom stereocenters. The molecule has 0 saturated carbocycles. The number of nitrogens with zero attached hydrogens (tertiary/aromatic N) is 2. The Hall–Kier alpha value is -3.53. The zero-order chi connectivity index (χ0) is 26.6. The highest BCUT2D eigenvalue weighted by Gasteiger charge is 2.40. The van der Waals surface area contributed by atoms with E-state index in [4.69, 9.17) is 4.74 Å². The Morgan fingerprint density at radius 2 is 1.78 bits per heavy atom. The number of amides is 1. The maximum absolute atomic E-state index is 13.3. The molecule has 0 radical (unpaired) electrons. The molecule has 1 heterocycles. The molecule has 0 aliphatic carbocycles. The van der Waals surface area contributed by atoms with Gasteiger partial charge in [0.25, 0.3) is 0 Å². The fourth-order valence-electron chi connectivity index (χ4n) is 3.87. The first-order valence-corrected chi connectivity index (χ1v) is 12.8. The number of nitrogens with one attached hydrogen (secondary N) is 1. The fourth-order valence-corrected chi connectivity index (χ4v) is 4.50. The molecule has 0 fully saturated rings. The predicted octanol–water partition coefficient (Wildman–Crippen LogP) is 6.60. The fraction of sp³-hybridized carbons (Fsp3) is 0.259. The van der Waals surface area contributed by atoms with Crippen molar-refractivity contribution in [1.82, 2.24) is 15.1 Å². The molecule has 194 valence electrons. The number of carbonyl (C=O) groups is 1. The molecule has 10 heteroatoms. The number of benzene rings is 3. The number of aromatic nitrogens is 2. The quantitative estimate of drug-likeness (QED) is 0.247. The van der Waals surface area contributed by atoms with Crippen molar-refractivity contribution in [2.45, 2.75) is 37.9 Å². The molecule has 1 amide bonds. The van der Waals surface area contributed by atoms with Gasteiger partial charge in [-0.25, -0.2) is 9.07 Å². The summed E-state index contributed by atoms with van der Waals surface area (Å²) in [6.07, 6.45) is -4.27. The van der Waals surface area contributed by atoms with Crippen LogP contribution in [0.4, 0.5) is 17.6 Å². The van der Waals surface area contributed by atoms with E-state index in [9.17, 15) is 22.4 Å². The zero-order valence-electron chi connectivity index (χ0n) is 20.1. The van der Waals surface area contributed by atoms with Gasteiger partial charge in [0.1, 0.15) is 17.7 Å². The molecule has 1 N–H and O–H groups in total. The van der Waals surface area contributed by atoms with E-state index < -0.39 is 24.2 Å². The van der Waals surface area contributed by atoms with Crippen molar-refractivity contribution in [3.8, 4) is 11.4 Å². The third kappa shape index (κ3) is 6.43. The predicted molar refractivity (Wildman–Crippen MR) is 136 cm³/mol. The molecule has 0 saturated heterocycles. The summed E-state index contributed by atoms with van der Waals surface area (Å²) in [5.41, 5.74) is 3.12. The average molecular weight is 532 g/mol. The van der Waals surface area contributed by atoms with E-state index >= 15 is 0 Å². The van der Waals surface area contributed by atoms with Gasteiger partial charge >= 0.3 is 12.1 Å². The first-order valence-electron chi connectivity index (χ1n) is 11.6. The van der Waals surface area contributed by atoms with Crippen molar-refractivity contribution in [3.05, 3.63) is 89.9 Å². The summed E-state index contributed by atoms with van der Waals surface area (Å²) in [6, 6.07) is 17.5. The third-order valence-electron chi connectivity index (χ3n) is 5.73. The normalized spacial score (nSPS) is 13.4. The third-order valence-corrected chi connectivity index (χ3v) is 6.67. The lowest BCUT2D eigenvalue weighted by Gasteiger charge is -2.27. The first kappa shape index (κ1) is 26.5. The summed E-state index contributed by atoms with van der Waals surface area (Å²) in [7, 11) is 0. The molecule has 0 aliphatic rings. The van der Waals surface area contributed by atoms with Crippen LogP contribution in [0, 0.1) is 5.82 Å². The minimum atomic E-state index is -5.01. The summed E-state index contributed by atoms with van der Waals surface area (Å²) in [5.74, 6) is -0.202. The zero-order valence-corrected chi connectivity index (χ0v) is 20.9. The minimum absolute atomic E-state index is 0.356. The second kappa shape index (κ2) is 11.2. The van der Waals surface area contributed by atoms with Gasteiger partial charge in [-0.15, -0.1) is 0 Å². The van der Waals surface area contributed by atoms with Crippen molar-refractivity contribution in [1.29, 1.82) is 0 Å². The molecule has 1 aromatic heterocycles. The number of carbonyl (C=O) groups excluding carboxylic acids is 1. The summed E-state index contributed by atoms with van der Waals surface area (Å²) < 4.78 is 59.9. The molecule has 5 nitrogen and oxygen atoms in total. The van der Waals surface area contributed by atoms with E-state index in [1.165, 1.54) is 19.1 Å². The molecule has 4 aromatic rings. The van der Waals surface area contributed by atoms with Crippen molar-refractivity contribution in [2.75, 3.05) is 5.75 Å².